The Morgan fingerprint density at radius 3 is 1.59 bits per heavy atom. The minimum Gasteiger partial charge on any atom is -0.497 e. The highest BCUT2D eigenvalue weighted by Gasteiger charge is 2.56. The van der Waals surface area contributed by atoms with Crippen molar-refractivity contribution in [3.63, 3.8) is 0 Å². The molecule has 0 aliphatic carbocycles. The molecule has 9 atom stereocenters. The van der Waals surface area contributed by atoms with E-state index in [0.717, 1.165) is 53.6 Å². The summed E-state index contributed by atoms with van der Waals surface area (Å²) in [6, 6.07) is 18.7. The van der Waals surface area contributed by atoms with Crippen molar-refractivity contribution >= 4 is 30.7 Å². The second-order valence-electron chi connectivity index (χ2n) is 22.6. The number of allylic oxidation sites excluding steroid dienone is 1. The molecule has 0 spiro atoms. The standard InChI is InChI=1S/C58H102O10Si3/c1-21-25-26-53(67-69(22-2,23-3)24-4)45(17)51(59)35-52(60)57(63-36-47-27-31-49(61-19)32-28-47)55-46(18)56(68-71(42(11)12,43(13)14)44(15)16)58(64-37-48-29-33-50(62-20)34-30-48)54(66-55)38-65-70(39(5)6,40(7)8)41(9)10/h21,27-34,39-46,51,53-59H,1,22-26,35-38H2,2-20H3/t45-,46+,51+,53-,54-,55-,56-,57-,58-/m1/s1. The third-order valence-electron chi connectivity index (χ3n) is 16.7. The smallest absolute Gasteiger partial charge is 0.200 e. The minimum atomic E-state index is -2.61. The van der Waals surface area contributed by atoms with Gasteiger partial charge in [0.25, 0.3) is 0 Å². The van der Waals surface area contributed by atoms with Crippen molar-refractivity contribution in [3.05, 3.63) is 72.3 Å². The summed E-state index contributed by atoms with van der Waals surface area (Å²) in [7, 11) is -3.78. The molecule has 1 N–H and O–H groups in total. The van der Waals surface area contributed by atoms with Gasteiger partial charge in [0.2, 0.25) is 8.32 Å². The van der Waals surface area contributed by atoms with E-state index in [4.69, 9.17) is 37.0 Å². The van der Waals surface area contributed by atoms with Crippen molar-refractivity contribution in [3.8, 4) is 11.5 Å². The van der Waals surface area contributed by atoms with Crippen LogP contribution in [0.5, 0.6) is 11.5 Å². The zero-order chi connectivity index (χ0) is 53.4. The van der Waals surface area contributed by atoms with Gasteiger partial charge in [0.1, 0.15) is 29.8 Å². The number of ether oxygens (including phenoxy) is 5. The SMILES string of the molecule is C=CCC[C@@H](O[Si](CC)(CC)CC)[C@H](C)[C@@H](O)CC(=O)[C@@H](OCc1ccc(OC)cc1)[C@@H]1O[C@H](CO[Si](C(C)C)(C(C)C)C(C)C)[C@@H](OCc2ccc(OC)cc2)[C@H](O[Si](C(C)C)(C(C)C)C(C)C)[C@H]1C. The molecule has 1 aliphatic rings. The lowest BCUT2D eigenvalue weighted by Crippen LogP contribution is -2.65. The second kappa shape index (κ2) is 29.2. The van der Waals surface area contributed by atoms with E-state index in [9.17, 15) is 5.11 Å². The maximum Gasteiger partial charge on any atom is 0.200 e. The Hall–Kier alpha value is -2.18. The van der Waals surface area contributed by atoms with Crippen LogP contribution in [0.2, 0.25) is 51.4 Å². The molecule has 0 bridgehead atoms. The van der Waals surface area contributed by atoms with Gasteiger partial charge in [0, 0.05) is 18.3 Å². The summed E-state index contributed by atoms with van der Waals surface area (Å²) in [4.78, 5) is 15.4. The average Bonchev–Trinajstić information content (AvgIpc) is 3.33. The summed E-state index contributed by atoms with van der Waals surface area (Å²) >= 11 is 0. The van der Waals surface area contributed by atoms with Crippen molar-refractivity contribution in [1.82, 2.24) is 0 Å². The summed E-state index contributed by atoms with van der Waals surface area (Å²) in [5.41, 5.74) is 3.73. The van der Waals surface area contributed by atoms with Crippen LogP contribution in [0.3, 0.4) is 0 Å². The lowest BCUT2D eigenvalue weighted by Gasteiger charge is -2.53. The maximum absolute atomic E-state index is 15.4. The Morgan fingerprint density at radius 1 is 0.704 bits per heavy atom. The van der Waals surface area contributed by atoms with Crippen LogP contribution in [-0.4, -0.2) is 99.4 Å². The van der Waals surface area contributed by atoms with Gasteiger partial charge in [-0.1, -0.05) is 148 Å². The number of benzene rings is 2. The molecule has 1 saturated heterocycles. The molecule has 0 unspecified atom stereocenters. The number of carbonyl (C=O) groups excluding carboxylic acids is 1. The molecule has 13 heteroatoms. The second-order valence-corrected chi connectivity index (χ2v) is 38.2. The molecule has 1 aliphatic heterocycles. The number of aliphatic hydroxyl groups is 1. The van der Waals surface area contributed by atoms with E-state index >= 15 is 4.79 Å². The summed E-state index contributed by atoms with van der Waals surface area (Å²) in [5.74, 6) is 0.614. The number of carbonyl (C=O) groups is 1. The van der Waals surface area contributed by atoms with E-state index in [-0.39, 0.29) is 60.0 Å². The number of hydrogen-bond acceptors (Lipinski definition) is 10. The predicted octanol–water partition coefficient (Wildman–Crippen LogP) is 14.6. The Labute approximate surface area is 436 Å². The fraction of sp³-hybridized carbons (Fsp3) is 0.741. The first-order valence-electron chi connectivity index (χ1n) is 27.4. The van der Waals surface area contributed by atoms with Crippen LogP contribution in [0.15, 0.2) is 61.2 Å². The highest BCUT2D eigenvalue weighted by Crippen LogP contribution is 2.48. The van der Waals surface area contributed by atoms with Crippen molar-refractivity contribution < 1.29 is 46.9 Å². The molecule has 0 saturated carbocycles. The Bertz CT molecular complexity index is 1780. The van der Waals surface area contributed by atoms with Crippen LogP contribution < -0.4 is 9.47 Å². The molecule has 1 heterocycles. The summed E-state index contributed by atoms with van der Waals surface area (Å²) < 4.78 is 55.1. The van der Waals surface area contributed by atoms with E-state index < -0.39 is 61.6 Å². The Balaban J connectivity index is 2.31. The monoisotopic (exact) mass is 1040 g/mol. The van der Waals surface area contributed by atoms with Gasteiger partial charge in [-0.25, -0.2) is 0 Å². The van der Waals surface area contributed by atoms with E-state index in [1.165, 1.54) is 0 Å². The van der Waals surface area contributed by atoms with Gasteiger partial charge in [-0.15, -0.1) is 6.58 Å². The first-order valence-corrected chi connectivity index (χ1v) is 34.3. The first-order chi connectivity index (χ1) is 33.5. The third kappa shape index (κ3) is 15.7. The molecule has 2 aromatic carbocycles. The molecule has 406 valence electrons. The van der Waals surface area contributed by atoms with Gasteiger partial charge in [-0.3, -0.25) is 4.79 Å². The number of hydrogen-bond donors (Lipinski definition) is 1. The zero-order valence-electron chi connectivity index (χ0n) is 48.0. The van der Waals surface area contributed by atoms with Crippen molar-refractivity contribution in [2.24, 2.45) is 11.8 Å². The quantitative estimate of drug-likeness (QED) is 0.0548. The highest BCUT2D eigenvalue weighted by atomic mass is 28.4. The minimum absolute atomic E-state index is 0.120. The van der Waals surface area contributed by atoms with Gasteiger partial charge in [-0.2, -0.15) is 0 Å². The van der Waals surface area contributed by atoms with Crippen LogP contribution in [0, 0.1) is 11.8 Å². The van der Waals surface area contributed by atoms with Gasteiger partial charge in [0.15, 0.2) is 22.4 Å². The van der Waals surface area contributed by atoms with E-state index in [1.54, 1.807) is 14.2 Å². The van der Waals surface area contributed by atoms with Crippen LogP contribution in [0.1, 0.15) is 148 Å². The Morgan fingerprint density at radius 2 is 1.17 bits per heavy atom. The maximum atomic E-state index is 15.4. The van der Waals surface area contributed by atoms with Gasteiger partial charge in [-0.05, 0) is 99.6 Å². The normalized spacial score (nSPS) is 21.1. The van der Waals surface area contributed by atoms with Gasteiger partial charge >= 0.3 is 0 Å². The first kappa shape index (κ1) is 63.1. The largest absolute Gasteiger partial charge is 0.497 e. The highest BCUT2D eigenvalue weighted by molar-refractivity contribution is 6.78. The van der Waals surface area contributed by atoms with Crippen LogP contribution in [0.4, 0.5) is 0 Å². The molecule has 2 aromatic rings. The van der Waals surface area contributed by atoms with E-state index in [1.807, 2.05) is 61.5 Å². The van der Waals surface area contributed by atoms with Crippen molar-refractivity contribution in [2.75, 3.05) is 20.8 Å². The zero-order valence-corrected chi connectivity index (χ0v) is 51.0. The number of methoxy groups -OCH3 is 2. The molecule has 3 rings (SSSR count). The number of ketones is 1. The lowest BCUT2D eigenvalue weighted by molar-refractivity contribution is -0.242. The fourth-order valence-electron chi connectivity index (χ4n) is 12.3. The van der Waals surface area contributed by atoms with Crippen LogP contribution >= 0.6 is 0 Å². The average molecular weight is 1040 g/mol. The van der Waals surface area contributed by atoms with Crippen LogP contribution in [-0.2, 0) is 45.5 Å². The number of rotatable bonds is 33. The van der Waals surface area contributed by atoms with Gasteiger partial charge < -0.3 is 42.1 Å². The van der Waals surface area contributed by atoms with E-state index in [2.05, 4.69) is 117 Å². The van der Waals surface area contributed by atoms with Crippen LogP contribution in [0.25, 0.3) is 0 Å². The Kier molecular flexibility index (Phi) is 26.0. The number of Topliss-reactive ketones (excluding diaryl/α,β-unsaturated/α-hetero) is 1. The third-order valence-corrected chi connectivity index (χ3v) is 33.6. The molecule has 1 fully saturated rings. The molecule has 0 amide bonds. The predicted molar refractivity (Wildman–Crippen MR) is 300 cm³/mol. The summed E-state index contributed by atoms with van der Waals surface area (Å²) in [6.07, 6.45) is -1.38. The summed E-state index contributed by atoms with van der Waals surface area (Å²) in [6.45, 7) is 43.2. The molecule has 0 aromatic heterocycles. The van der Waals surface area contributed by atoms with E-state index in [0.29, 0.717) is 23.2 Å². The van der Waals surface area contributed by atoms with Crippen molar-refractivity contribution in [1.29, 1.82) is 0 Å². The fourth-order valence-corrected chi connectivity index (χ4v) is 26.4. The van der Waals surface area contributed by atoms with Crippen molar-refractivity contribution in [2.45, 2.75) is 244 Å². The molecular formula is C58H102O10Si3. The summed E-state index contributed by atoms with van der Waals surface area (Å²) in [5, 5.41) is 12.3. The lowest BCUT2D eigenvalue weighted by atomic mass is 9.82. The topological polar surface area (TPSA) is 111 Å². The molecule has 10 nitrogen and oxygen atoms in total. The molecule has 0 radical (unpaired) electrons. The molecular weight excluding hydrogens is 941 g/mol. The molecule has 71 heavy (non-hydrogen) atoms. The number of aliphatic hydroxyl groups excluding tert-OH is 1. The van der Waals surface area contributed by atoms with Gasteiger partial charge in [0.05, 0.1) is 58.5 Å².